The van der Waals surface area contributed by atoms with Crippen LogP contribution in [0.2, 0.25) is 0 Å². The first-order valence-electron chi connectivity index (χ1n) is 10.2. The highest BCUT2D eigenvalue weighted by Crippen LogP contribution is 2.33. The summed E-state index contributed by atoms with van der Waals surface area (Å²) in [6.07, 6.45) is 1.61. The van der Waals surface area contributed by atoms with E-state index in [1.54, 1.807) is 4.57 Å². The zero-order valence-corrected chi connectivity index (χ0v) is 16.8. The van der Waals surface area contributed by atoms with Gasteiger partial charge in [0.05, 0.1) is 0 Å². The van der Waals surface area contributed by atoms with Crippen LogP contribution in [0.3, 0.4) is 0 Å². The van der Waals surface area contributed by atoms with Crippen molar-refractivity contribution in [2.45, 2.75) is 44.9 Å². The average molecular weight is 434 g/mol. The smallest absolute Gasteiger partial charge is 0.364 e. The van der Waals surface area contributed by atoms with Gasteiger partial charge < -0.3 is 10.2 Å². The number of imidazole rings is 2. The van der Waals surface area contributed by atoms with E-state index in [2.05, 4.69) is 25.3 Å². The molecule has 1 saturated heterocycles. The Morgan fingerprint density at radius 1 is 1.23 bits per heavy atom. The maximum absolute atomic E-state index is 13.0. The van der Waals surface area contributed by atoms with Gasteiger partial charge in [-0.15, -0.1) is 0 Å². The number of hydrogen-bond acceptors (Lipinski definition) is 6. The number of nitrogens with one attached hydrogen (secondary N) is 1. The summed E-state index contributed by atoms with van der Waals surface area (Å²) in [7, 11) is 0. The zero-order chi connectivity index (χ0) is 21.8. The van der Waals surface area contributed by atoms with Crippen molar-refractivity contribution in [3.8, 4) is 5.95 Å². The summed E-state index contributed by atoms with van der Waals surface area (Å²) >= 11 is 0. The van der Waals surface area contributed by atoms with Gasteiger partial charge in [0.2, 0.25) is 11.9 Å². The molecule has 1 unspecified atom stereocenters. The van der Waals surface area contributed by atoms with Gasteiger partial charge in [-0.1, -0.05) is 0 Å². The highest BCUT2D eigenvalue weighted by Gasteiger charge is 2.37. The van der Waals surface area contributed by atoms with Gasteiger partial charge in [-0.25, -0.2) is 19.9 Å². The third kappa shape index (κ3) is 3.59. The maximum atomic E-state index is 13.0. The van der Waals surface area contributed by atoms with Crippen LogP contribution in [0.4, 0.5) is 19.0 Å². The number of aromatic nitrogens is 6. The SMILES string of the molecule is CCn1c(-n2cnc(C(F)(F)F)c2)nc2c(NC3CCN(C(=O)C4CC4)C3)ncnc21. The highest BCUT2D eigenvalue weighted by molar-refractivity contribution is 5.85. The lowest BCUT2D eigenvalue weighted by Gasteiger charge is -2.17. The third-order valence-corrected chi connectivity index (χ3v) is 5.70. The molecule has 9 nitrogen and oxygen atoms in total. The van der Waals surface area contributed by atoms with Gasteiger partial charge >= 0.3 is 6.18 Å². The summed E-state index contributed by atoms with van der Waals surface area (Å²) in [6.45, 7) is 3.61. The minimum absolute atomic E-state index is 0.0288. The Morgan fingerprint density at radius 2 is 2.03 bits per heavy atom. The van der Waals surface area contributed by atoms with Crippen LogP contribution in [-0.4, -0.2) is 59.0 Å². The highest BCUT2D eigenvalue weighted by atomic mass is 19.4. The lowest BCUT2D eigenvalue weighted by Crippen LogP contribution is -2.32. The Bertz CT molecular complexity index is 1130. The summed E-state index contributed by atoms with van der Waals surface area (Å²) in [4.78, 5) is 30.8. The molecule has 1 atom stereocenters. The molecule has 1 N–H and O–H groups in total. The fourth-order valence-electron chi connectivity index (χ4n) is 3.96. The van der Waals surface area contributed by atoms with E-state index in [0.29, 0.717) is 36.6 Å². The van der Waals surface area contributed by atoms with Crippen LogP contribution >= 0.6 is 0 Å². The number of halogens is 3. The lowest BCUT2D eigenvalue weighted by atomic mass is 10.2. The maximum Gasteiger partial charge on any atom is 0.434 e. The van der Waals surface area contributed by atoms with Gasteiger partial charge in [0, 0.05) is 37.8 Å². The predicted molar refractivity (Wildman–Crippen MR) is 104 cm³/mol. The normalized spacial score (nSPS) is 19.4. The molecular formula is C19H21F3N8O. The number of aryl methyl sites for hydroxylation is 1. The number of alkyl halides is 3. The molecule has 31 heavy (non-hydrogen) atoms. The molecule has 1 amide bonds. The summed E-state index contributed by atoms with van der Waals surface area (Å²) in [6, 6.07) is 0.0288. The van der Waals surface area contributed by atoms with E-state index in [1.165, 1.54) is 10.9 Å². The van der Waals surface area contributed by atoms with Crippen molar-refractivity contribution < 1.29 is 18.0 Å². The second-order valence-electron chi connectivity index (χ2n) is 7.90. The van der Waals surface area contributed by atoms with Crippen LogP contribution in [0, 0.1) is 5.92 Å². The van der Waals surface area contributed by atoms with Gasteiger partial charge in [0.15, 0.2) is 22.7 Å². The van der Waals surface area contributed by atoms with Crippen molar-refractivity contribution in [3.63, 3.8) is 0 Å². The van der Waals surface area contributed by atoms with Gasteiger partial charge in [-0.05, 0) is 26.2 Å². The number of rotatable bonds is 5. The Balaban J connectivity index is 1.44. The minimum atomic E-state index is -4.53. The summed E-state index contributed by atoms with van der Waals surface area (Å²) in [5, 5.41) is 3.35. The van der Waals surface area contributed by atoms with Crippen molar-refractivity contribution in [3.05, 3.63) is 24.5 Å². The number of carbonyl (C=O) groups is 1. The molecule has 5 rings (SSSR count). The van der Waals surface area contributed by atoms with Crippen LogP contribution in [0.5, 0.6) is 0 Å². The van der Waals surface area contributed by atoms with Crippen LogP contribution in [0.25, 0.3) is 17.1 Å². The van der Waals surface area contributed by atoms with E-state index in [1.807, 2.05) is 11.8 Å². The second kappa shape index (κ2) is 7.20. The first-order valence-corrected chi connectivity index (χ1v) is 10.2. The van der Waals surface area contributed by atoms with Crippen molar-refractivity contribution in [2.75, 3.05) is 18.4 Å². The molecule has 12 heteroatoms. The molecule has 0 spiro atoms. The first kappa shape index (κ1) is 19.8. The van der Waals surface area contributed by atoms with Crippen LogP contribution < -0.4 is 5.32 Å². The number of likely N-dealkylation sites (tertiary alicyclic amines) is 1. The number of hydrogen-bond donors (Lipinski definition) is 1. The molecule has 1 aliphatic carbocycles. The Kier molecular flexibility index (Phi) is 4.59. The van der Waals surface area contributed by atoms with E-state index in [9.17, 15) is 18.0 Å². The molecule has 3 aromatic heterocycles. The topological polar surface area (TPSA) is 93.8 Å². The Morgan fingerprint density at radius 3 is 2.71 bits per heavy atom. The van der Waals surface area contributed by atoms with Crippen molar-refractivity contribution in [2.24, 2.45) is 5.92 Å². The number of nitrogens with zero attached hydrogens (tertiary/aromatic N) is 7. The molecule has 0 bridgehead atoms. The number of fused-ring (bicyclic) bond motifs is 1. The van der Waals surface area contributed by atoms with Gasteiger partial charge in [0.1, 0.15) is 12.7 Å². The van der Waals surface area contributed by atoms with Crippen molar-refractivity contribution in [1.29, 1.82) is 0 Å². The third-order valence-electron chi connectivity index (χ3n) is 5.70. The van der Waals surface area contributed by atoms with Gasteiger partial charge in [-0.2, -0.15) is 13.2 Å². The average Bonchev–Trinajstić information content (AvgIpc) is 3.14. The van der Waals surface area contributed by atoms with Gasteiger partial charge in [-0.3, -0.25) is 13.9 Å². The van der Waals surface area contributed by atoms with E-state index in [4.69, 9.17) is 0 Å². The Hall–Kier alpha value is -3.18. The van der Waals surface area contributed by atoms with Gasteiger partial charge in [0.25, 0.3) is 0 Å². The lowest BCUT2D eigenvalue weighted by molar-refractivity contribution is -0.141. The van der Waals surface area contributed by atoms with Crippen molar-refractivity contribution in [1.82, 2.24) is 34.0 Å². The number of carbonyl (C=O) groups excluding carboxylic acids is 1. The molecule has 2 fully saturated rings. The fraction of sp³-hybridized carbons (Fsp3) is 0.526. The monoisotopic (exact) mass is 434 g/mol. The summed E-state index contributed by atoms with van der Waals surface area (Å²) in [5.41, 5.74) is -0.00670. The van der Waals surface area contributed by atoms with E-state index < -0.39 is 11.9 Å². The van der Waals surface area contributed by atoms with Crippen LogP contribution in [-0.2, 0) is 17.5 Å². The molecule has 3 aromatic rings. The standard InChI is InChI=1S/C19H21F3N8O/c1-2-30-16-14(27-18(30)29-8-13(25-10-29)19(20,21)22)15(23-9-24-16)26-12-5-6-28(7-12)17(31)11-3-4-11/h8-12H,2-7H2,1H3,(H,23,24,26). The minimum Gasteiger partial charge on any atom is -0.364 e. The molecule has 0 aromatic carbocycles. The molecular weight excluding hydrogens is 413 g/mol. The molecule has 0 radical (unpaired) electrons. The molecule has 1 saturated carbocycles. The van der Waals surface area contributed by atoms with Crippen LogP contribution in [0.15, 0.2) is 18.9 Å². The quantitative estimate of drug-likeness (QED) is 0.663. The molecule has 4 heterocycles. The largest absolute Gasteiger partial charge is 0.434 e. The predicted octanol–water partition coefficient (Wildman–Crippen LogP) is 2.47. The zero-order valence-electron chi connectivity index (χ0n) is 16.8. The summed E-state index contributed by atoms with van der Waals surface area (Å²) < 4.78 is 41.9. The van der Waals surface area contributed by atoms with E-state index >= 15 is 0 Å². The summed E-state index contributed by atoms with van der Waals surface area (Å²) in [5.74, 6) is 1.18. The van der Waals surface area contributed by atoms with Crippen molar-refractivity contribution >= 4 is 22.9 Å². The number of anilines is 1. The van der Waals surface area contributed by atoms with E-state index in [0.717, 1.165) is 31.8 Å². The van der Waals surface area contributed by atoms with E-state index in [-0.39, 0.29) is 23.8 Å². The van der Waals surface area contributed by atoms with Crippen LogP contribution in [0.1, 0.15) is 31.9 Å². The number of amides is 1. The molecule has 2 aliphatic rings. The fourth-order valence-corrected chi connectivity index (χ4v) is 3.96. The second-order valence-corrected chi connectivity index (χ2v) is 7.90. The Labute approximate surface area is 175 Å². The molecule has 1 aliphatic heterocycles. The first-order chi connectivity index (χ1) is 14.8. The molecule has 164 valence electrons.